The minimum atomic E-state index is 0.500. The Bertz CT molecular complexity index is 394. The molecule has 0 unspecified atom stereocenters. The molecule has 17 heavy (non-hydrogen) atoms. The van der Waals surface area contributed by atoms with Crippen LogP contribution in [0.5, 0.6) is 0 Å². The van der Waals surface area contributed by atoms with E-state index in [1.54, 1.807) is 6.07 Å². The van der Waals surface area contributed by atoms with Gasteiger partial charge in [-0.25, -0.2) is 0 Å². The maximum atomic E-state index is 9.02. The lowest BCUT2D eigenvalue weighted by molar-refractivity contribution is 0.316. The van der Waals surface area contributed by atoms with Gasteiger partial charge in [0.1, 0.15) is 6.07 Å². The minimum Gasteiger partial charge on any atom is -0.383 e. The predicted octanol–water partition coefficient (Wildman–Crippen LogP) is 2.97. The van der Waals surface area contributed by atoms with Gasteiger partial charge in [-0.1, -0.05) is 31.5 Å². The van der Waals surface area contributed by atoms with Crippen LogP contribution in [-0.4, -0.2) is 31.1 Å². The van der Waals surface area contributed by atoms with Crippen molar-refractivity contribution < 1.29 is 0 Å². The summed E-state index contributed by atoms with van der Waals surface area (Å²) in [7, 11) is 0. The number of hydrogen-bond donors (Lipinski definition) is 1. The molecule has 0 saturated heterocycles. The van der Waals surface area contributed by atoms with E-state index < -0.39 is 0 Å². The summed E-state index contributed by atoms with van der Waals surface area (Å²) < 4.78 is 0. The number of benzene rings is 1. The number of nitriles is 1. The van der Waals surface area contributed by atoms with E-state index in [0.717, 1.165) is 31.9 Å². The second-order valence-corrected chi connectivity index (χ2v) is 4.14. The van der Waals surface area contributed by atoms with Crippen LogP contribution in [0.4, 0.5) is 5.69 Å². The first-order chi connectivity index (χ1) is 8.22. The van der Waals surface area contributed by atoms with Crippen LogP contribution in [-0.2, 0) is 0 Å². The Morgan fingerprint density at radius 1 is 1.35 bits per heavy atom. The molecule has 0 saturated carbocycles. The molecule has 0 atom stereocenters. The topological polar surface area (TPSA) is 39.1 Å². The van der Waals surface area contributed by atoms with Crippen LogP contribution < -0.4 is 5.32 Å². The van der Waals surface area contributed by atoms with Crippen molar-refractivity contribution in [2.45, 2.75) is 13.8 Å². The van der Waals surface area contributed by atoms with Gasteiger partial charge in [0.15, 0.2) is 0 Å². The zero-order chi connectivity index (χ0) is 12.7. The van der Waals surface area contributed by atoms with Gasteiger partial charge in [0.2, 0.25) is 0 Å². The minimum absolute atomic E-state index is 0.500. The first-order valence-electron chi connectivity index (χ1n) is 5.87. The van der Waals surface area contributed by atoms with Crippen molar-refractivity contribution in [2.75, 3.05) is 31.5 Å². The molecule has 0 aliphatic heterocycles. The summed E-state index contributed by atoms with van der Waals surface area (Å²) >= 11 is 5.95. The highest BCUT2D eigenvalue weighted by atomic mass is 35.5. The van der Waals surface area contributed by atoms with Crippen molar-refractivity contribution >= 4 is 17.3 Å². The first-order valence-corrected chi connectivity index (χ1v) is 6.25. The molecule has 0 amide bonds. The van der Waals surface area contributed by atoms with Crippen LogP contribution in [0.25, 0.3) is 0 Å². The average Bonchev–Trinajstić information content (AvgIpc) is 2.35. The number of halogens is 1. The second-order valence-electron chi connectivity index (χ2n) is 3.73. The summed E-state index contributed by atoms with van der Waals surface area (Å²) in [5.74, 6) is 0. The first kappa shape index (κ1) is 13.8. The van der Waals surface area contributed by atoms with Crippen LogP contribution in [0.15, 0.2) is 18.2 Å². The lowest BCUT2D eigenvalue weighted by Gasteiger charge is -2.18. The number of likely N-dealkylation sites (N-methyl/N-ethyl adjacent to an activating group) is 1. The third-order valence-corrected chi connectivity index (χ3v) is 3.08. The molecule has 0 spiro atoms. The van der Waals surface area contributed by atoms with Gasteiger partial charge in [-0.05, 0) is 25.2 Å². The van der Waals surface area contributed by atoms with Crippen molar-refractivity contribution in [1.29, 1.82) is 5.26 Å². The number of nitrogens with zero attached hydrogens (tertiary/aromatic N) is 2. The van der Waals surface area contributed by atoms with Gasteiger partial charge in [0.05, 0.1) is 16.3 Å². The number of anilines is 1. The average molecular weight is 252 g/mol. The van der Waals surface area contributed by atoms with Crippen LogP contribution in [0.2, 0.25) is 5.02 Å². The molecule has 0 aliphatic carbocycles. The summed E-state index contributed by atoms with van der Waals surface area (Å²) in [6.07, 6.45) is 0. The molecule has 1 aromatic rings. The number of nitrogens with one attached hydrogen (secondary N) is 1. The van der Waals surface area contributed by atoms with Gasteiger partial charge >= 0.3 is 0 Å². The Morgan fingerprint density at radius 3 is 2.65 bits per heavy atom. The highest BCUT2D eigenvalue weighted by molar-refractivity contribution is 6.32. The largest absolute Gasteiger partial charge is 0.383 e. The van der Waals surface area contributed by atoms with Crippen molar-refractivity contribution in [3.8, 4) is 6.07 Å². The molecule has 0 radical (unpaired) electrons. The van der Waals surface area contributed by atoms with E-state index in [0.29, 0.717) is 10.6 Å². The second kappa shape index (κ2) is 7.16. The molecular formula is C13H18ClN3. The quantitative estimate of drug-likeness (QED) is 0.845. The molecule has 1 N–H and O–H groups in total. The van der Waals surface area contributed by atoms with E-state index in [9.17, 15) is 0 Å². The fourth-order valence-electron chi connectivity index (χ4n) is 1.67. The zero-order valence-corrected chi connectivity index (χ0v) is 11.1. The number of hydrogen-bond acceptors (Lipinski definition) is 3. The van der Waals surface area contributed by atoms with Crippen molar-refractivity contribution in [2.24, 2.45) is 0 Å². The van der Waals surface area contributed by atoms with Gasteiger partial charge in [-0.2, -0.15) is 5.26 Å². The normalized spacial score (nSPS) is 10.3. The SMILES string of the molecule is CCN(CC)CCNc1cccc(Cl)c1C#N. The molecular weight excluding hydrogens is 234 g/mol. The van der Waals surface area contributed by atoms with Crippen LogP contribution >= 0.6 is 11.6 Å². The summed E-state index contributed by atoms with van der Waals surface area (Å²) in [6.45, 7) is 8.14. The molecule has 0 bridgehead atoms. The summed E-state index contributed by atoms with van der Waals surface area (Å²) in [5.41, 5.74) is 1.33. The fourth-order valence-corrected chi connectivity index (χ4v) is 1.89. The molecule has 0 fully saturated rings. The zero-order valence-electron chi connectivity index (χ0n) is 10.3. The molecule has 92 valence electrons. The lowest BCUT2D eigenvalue weighted by atomic mass is 10.2. The third kappa shape index (κ3) is 3.92. The molecule has 1 rings (SSSR count). The highest BCUT2D eigenvalue weighted by Gasteiger charge is 2.05. The molecule has 0 heterocycles. The van der Waals surface area contributed by atoms with E-state index >= 15 is 0 Å². The van der Waals surface area contributed by atoms with E-state index in [-0.39, 0.29) is 0 Å². The maximum Gasteiger partial charge on any atom is 0.103 e. The molecule has 4 heteroatoms. The van der Waals surface area contributed by atoms with Crippen LogP contribution in [0.1, 0.15) is 19.4 Å². The fraction of sp³-hybridized carbons (Fsp3) is 0.462. The van der Waals surface area contributed by atoms with Gasteiger partial charge in [0.25, 0.3) is 0 Å². The maximum absolute atomic E-state index is 9.02. The Labute approximate surface area is 108 Å². The van der Waals surface area contributed by atoms with Gasteiger partial charge in [0, 0.05) is 13.1 Å². The Hall–Kier alpha value is -1.24. The lowest BCUT2D eigenvalue weighted by Crippen LogP contribution is -2.28. The van der Waals surface area contributed by atoms with E-state index in [2.05, 4.69) is 30.1 Å². The summed E-state index contributed by atoms with van der Waals surface area (Å²) in [4.78, 5) is 2.32. The molecule has 0 aliphatic rings. The van der Waals surface area contributed by atoms with Crippen molar-refractivity contribution in [3.05, 3.63) is 28.8 Å². The number of rotatable bonds is 6. The Kier molecular flexibility index (Phi) is 5.82. The standard InChI is InChI=1S/C13H18ClN3/c1-3-17(4-2)9-8-16-13-7-5-6-12(14)11(13)10-15/h5-7,16H,3-4,8-9H2,1-2H3. The van der Waals surface area contributed by atoms with E-state index in [4.69, 9.17) is 16.9 Å². The molecule has 3 nitrogen and oxygen atoms in total. The summed E-state index contributed by atoms with van der Waals surface area (Å²) in [6, 6.07) is 7.59. The predicted molar refractivity (Wildman–Crippen MR) is 72.4 cm³/mol. The third-order valence-electron chi connectivity index (χ3n) is 2.76. The van der Waals surface area contributed by atoms with E-state index in [1.807, 2.05) is 12.1 Å². The Morgan fingerprint density at radius 2 is 2.06 bits per heavy atom. The van der Waals surface area contributed by atoms with Gasteiger partial charge in [-0.15, -0.1) is 0 Å². The van der Waals surface area contributed by atoms with Crippen molar-refractivity contribution in [3.63, 3.8) is 0 Å². The van der Waals surface area contributed by atoms with Crippen LogP contribution in [0, 0.1) is 11.3 Å². The summed E-state index contributed by atoms with van der Waals surface area (Å²) in [5, 5.41) is 12.8. The van der Waals surface area contributed by atoms with Gasteiger partial charge in [-0.3, -0.25) is 0 Å². The van der Waals surface area contributed by atoms with E-state index in [1.165, 1.54) is 0 Å². The monoisotopic (exact) mass is 251 g/mol. The highest BCUT2D eigenvalue weighted by Crippen LogP contribution is 2.22. The molecule has 1 aromatic carbocycles. The van der Waals surface area contributed by atoms with Gasteiger partial charge < -0.3 is 10.2 Å². The van der Waals surface area contributed by atoms with Crippen LogP contribution in [0.3, 0.4) is 0 Å². The smallest absolute Gasteiger partial charge is 0.103 e. The Balaban J connectivity index is 2.58. The van der Waals surface area contributed by atoms with Crippen molar-refractivity contribution in [1.82, 2.24) is 4.90 Å². The molecule has 0 aromatic heterocycles.